The smallest absolute Gasteiger partial charge is 0.0672 e. The summed E-state index contributed by atoms with van der Waals surface area (Å²) in [5, 5.41) is 21.7. The van der Waals surface area contributed by atoms with Crippen molar-refractivity contribution in [2.24, 2.45) is 5.92 Å². The Hall–Kier alpha value is -0.590. The largest absolute Gasteiger partial charge is 0.393 e. The van der Waals surface area contributed by atoms with Crippen molar-refractivity contribution < 1.29 is 5.11 Å². The fourth-order valence-electron chi connectivity index (χ4n) is 2.39. The Morgan fingerprint density at radius 3 is 2.81 bits per heavy atom. The molecule has 3 heteroatoms. The van der Waals surface area contributed by atoms with Gasteiger partial charge in [0, 0.05) is 6.04 Å². The lowest BCUT2D eigenvalue weighted by Gasteiger charge is -2.21. The molecule has 1 aliphatic rings. The summed E-state index contributed by atoms with van der Waals surface area (Å²) in [6.07, 6.45) is 7.52. The third kappa shape index (κ3) is 4.96. The summed E-state index contributed by atoms with van der Waals surface area (Å²) in [5.41, 5.74) is 0. The maximum absolute atomic E-state index is 9.15. The standard InChI is InChI=1S/C13H24N2O/c1-11(16)6-5-9-15-13-8-4-2-3-7-12(13)10-14/h11-13,15-16H,2-9H2,1H3. The van der Waals surface area contributed by atoms with Crippen LogP contribution in [0, 0.1) is 17.2 Å². The average molecular weight is 224 g/mol. The molecule has 0 aromatic heterocycles. The Morgan fingerprint density at radius 1 is 1.38 bits per heavy atom. The van der Waals surface area contributed by atoms with Crippen LogP contribution < -0.4 is 5.32 Å². The SMILES string of the molecule is CC(O)CCCNC1CCCCCC1C#N. The van der Waals surface area contributed by atoms with Crippen LogP contribution in [-0.4, -0.2) is 23.8 Å². The van der Waals surface area contributed by atoms with Crippen molar-refractivity contribution in [2.45, 2.75) is 64.0 Å². The second kappa shape index (κ2) is 7.65. The van der Waals surface area contributed by atoms with E-state index in [1.165, 1.54) is 19.3 Å². The van der Waals surface area contributed by atoms with E-state index >= 15 is 0 Å². The highest BCUT2D eigenvalue weighted by Gasteiger charge is 2.22. The molecule has 0 saturated heterocycles. The van der Waals surface area contributed by atoms with E-state index in [-0.39, 0.29) is 12.0 Å². The first-order valence-corrected chi connectivity index (χ1v) is 6.55. The molecule has 1 aliphatic carbocycles. The number of nitrogens with one attached hydrogen (secondary N) is 1. The fourth-order valence-corrected chi connectivity index (χ4v) is 2.39. The van der Waals surface area contributed by atoms with Crippen LogP contribution in [0.3, 0.4) is 0 Å². The molecule has 3 unspecified atom stereocenters. The molecular weight excluding hydrogens is 200 g/mol. The van der Waals surface area contributed by atoms with Crippen molar-refractivity contribution in [3.8, 4) is 6.07 Å². The van der Waals surface area contributed by atoms with E-state index < -0.39 is 0 Å². The van der Waals surface area contributed by atoms with Gasteiger partial charge in [-0.25, -0.2) is 0 Å². The summed E-state index contributed by atoms with van der Waals surface area (Å²) in [7, 11) is 0. The van der Waals surface area contributed by atoms with Gasteiger partial charge < -0.3 is 10.4 Å². The van der Waals surface area contributed by atoms with Gasteiger partial charge in [-0.2, -0.15) is 5.26 Å². The van der Waals surface area contributed by atoms with E-state index in [4.69, 9.17) is 10.4 Å². The van der Waals surface area contributed by atoms with Gasteiger partial charge in [-0.05, 0) is 39.2 Å². The maximum Gasteiger partial charge on any atom is 0.0672 e. The molecule has 3 nitrogen and oxygen atoms in total. The van der Waals surface area contributed by atoms with Gasteiger partial charge in [0.25, 0.3) is 0 Å². The molecular formula is C13H24N2O. The van der Waals surface area contributed by atoms with Gasteiger partial charge in [0.15, 0.2) is 0 Å². The monoisotopic (exact) mass is 224 g/mol. The third-order valence-corrected chi connectivity index (χ3v) is 3.39. The summed E-state index contributed by atoms with van der Waals surface area (Å²) >= 11 is 0. The lowest BCUT2D eigenvalue weighted by Crippen LogP contribution is -2.35. The Balaban J connectivity index is 2.24. The zero-order valence-corrected chi connectivity index (χ0v) is 10.3. The van der Waals surface area contributed by atoms with Crippen LogP contribution in [0.1, 0.15) is 51.9 Å². The number of rotatable bonds is 5. The van der Waals surface area contributed by atoms with Crippen LogP contribution >= 0.6 is 0 Å². The molecule has 3 atom stereocenters. The Morgan fingerprint density at radius 2 is 2.12 bits per heavy atom. The predicted molar refractivity (Wildman–Crippen MR) is 64.9 cm³/mol. The maximum atomic E-state index is 9.15. The predicted octanol–water partition coefficient (Wildman–Crippen LogP) is 2.21. The number of hydrogen-bond donors (Lipinski definition) is 2. The minimum absolute atomic E-state index is 0.189. The van der Waals surface area contributed by atoms with Gasteiger partial charge in [0.05, 0.1) is 18.1 Å². The van der Waals surface area contributed by atoms with E-state index in [2.05, 4.69) is 11.4 Å². The Labute approximate surface area is 98.8 Å². The first-order chi connectivity index (χ1) is 7.74. The van der Waals surface area contributed by atoms with E-state index in [0.717, 1.165) is 32.2 Å². The van der Waals surface area contributed by atoms with E-state index in [1.54, 1.807) is 0 Å². The summed E-state index contributed by atoms with van der Waals surface area (Å²) in [6.45, 7) is 2.75. The summed E-state index contributed by atoms with van der Waals surface area (Å²) in [6, 6.07) is 2.81. The lowest BCUT2D eigenvalue weighted by atomic mass is 9.96. The molecule has 92 valence electrons. The minimum Gasteiger partial charge on any atom is -0.393 e. The highest BCUT2D eigenvalue weighted by molar-refractivity contribution is 4.93. The molecule has 1 saturated carbocycles. The van der Waals surface area contributed by atoms with Gasteiger partial charge >= 0.3 is 0 Å². The van der Waals surface area contributed by atoms with Crippen molar-refractivity contribution in [1.29, 1.82) is 5.26 Å². The van der Waals surface area contributed by atoms with Crippen molar-refractivity contribution in [2.75, 3.05) is 6.54 Å². The molecule has 0 heterocycles. The van der Waals surface area contributed by atoms with Crippen molar-refractivity contribution in [3.05, 3.63) is 0 Å². The molecule has 0 bridgehead atoms. The number of hydrogen-bond acceptors (Lipinski definition) is 3. The van der Waals surface area contributed by atoms with Crippen LogP contribution in [0.5, 0.6) is 0 Å². The summed E-state index contributed by atoms with van der Waals surface area (Å²) in [5.74, 6) is 0.189. The number of nitriles is 1. The van der Waals surface area contributed by atoms with Crippen LogP contribution in [0.25, 0.3) is 0 Å². The molecule has 2 N–H and O–H groups in total. The fraction of sp³-hybridized carbons (Fsp3) is 0.923. The molecule has 0 aliphatic heterocycles. The van der Waals surface area contributed by atoms with Gasteiger partial charge in [-0.1, -0.05) is 19.3 Å². The molecule has 0 aromatic rings. The molecule has 0 aromatic carbocycles. The summed E-state index contributed by atoms with van der Waals surface area (Å²) in [4.78, 5) is 0. The topological polar surface area (TPSA) is 56.0 Å². The van der Waals surface area contributed by atoms with Gasteiger partial charge in [0.2, 0.25) is 0 Å². The molecule has 1 rings (SSSR count). The Bertz CT molecular complexity index is 222. The highest BCUT2D eigenvalue weighted by atomic mass is 16.3. The van der Waals surface area contributed by atoms with Crippen molar-refractivity contribution in [1.82, 2.24) is 5.32 Å². The zero-order chi connectivity index (χ0) is 11.8. The molecule has 0 radical (unpaired) electrons. The van der Waals surface area contributed by atoms with Crippen LogP contribution in [0.15, 0.2) is 0 Å². The number of aliphatic hydroxyl groups excluding tert-OH is 1. The highest BCUT2D eigenvalue weighted by Crippen LogP contribution is 2.22. The zero-order valence-electron chi connectivity index (χ0n) is 10.3. The third-order valence-electron chi connectivity index (χ3n) is 3.39. The average Bonchev–Trinajstić information content (AvgIpc) is 2.48. The first kappa shape index (κ1) is 13.5. The van der Waals surface area contributed by atoms with E-state index in [0.29, 0.717) is 6.04 Å². The molecule has 0 spiro atoms. The molecule has 16 heavy (non-hydrogen) atoms. The van der Waals surface area contributed by atoms with E-state index in [1.807, 2.05) is 6.92 Å². The first-order valence-electron chi connectivity index (χ1n) is 6.55. The number of nitrogens with zero attached hydrogens (tertiary/aromatic N) is 1. The second-order valence-corrected chi connectivity index (χ2v) is 4.93. The summed E-state index contributed by atoms with van der Waals surface area (Å²) < 4.78 is 0. The molecule has 0 amide bonds. The second-order valence-electron chi connectivity index (χ2n) is 4.93. The quantitative estimate of drug-likeness (QED) is 0.556. The van der Waals surface area contributed by atoms with Gasteiger partial charge in [0.1, 0.15) is 0 Å². The minimum atomic E-state index is -0.206. The Kier molecular flexibility index (Phi) is 6.44. The van der Waals surface area contributed by atoms with Crippen LogP contribution in [0.2, 0.25) is 0 Å². The number of aliphatic hydroxyl groups is 1. The normalized spacial score (nSPS) is 28.1. The molecule has 1 fully saturated rings. The van der Waals surface area contributed by atoms with Crippen LogP contribution in [0.4, 0.5) is 0 Å². The van der Waals surface area contributed by atoms with Gasteiger partial charge in [-0.3, -0.25) is 0 Å². The van der Waals surface area contributed by atoms with Gasteiger partial charge in [-0.15, -0.1) is 0 Å². The van der Waals surface area contributed by atoms with Crippen molar-refractivity contribution in [3.63, 3.8) is 0 Å². The van der Waals surface area contributed by atoms with Crippen molar-refractivity contribution >= 4 is 0 Å². The van der Waals surface area contributed by atoms with E-state index in [9.17, 15) is 0 Å². The van der Waals surface area contributed by atoms with Crippen LogP contribution in [-0.2, 0) is 0 Å². The lowest BCUT2D eigenvalue weighted by molar-refractivity contribution is 0.180.